The lowest BCUT2D eigenvalue weighted by Crippen LogP contribution is -2.00. The molecule has 4 heteroatoms. The van der Waals surface area contributed by atoms with Crippen LogP contribution in [0.15, 0.2) is 30.4 Å². The number of phenolic OH excluding ortho intramolecular Hbond substituents is 1. The van der Waals surface area contributed by atoms with Crippen LogP contribution < -0.4 is 0 Å². The van der Waals surface area contributed by atoms with E-state index in [0.29, 0.717) is 0 Å². The first-order chi connectivity index (χ1) is 7.04. The summed E-state index contributed by atoms with van der Waals surface area (Å²) in [5, 5.41) is 17.9. The number of hydrogen-bond donors (Lipinski definition) is 2. The Bertz CT molecular complexity index is 432. The van der Waals surface area contributed by atoms with Crippen molar-refractivity contribution in [3.63, 3.8) is 0 Å². The highest BCUT2D eigenvalue weighted by Gasteiger charge is 2.09. The minimum absolute atomic E-state index is 0.108. The Kier molecular flexibility index (Phi) is 3.23. The van der Waals surface area contributed by atoms with E-state index in [1.807, 2.05) is 0 Å². The van der Waals surface area contributed by atoms with Crippen molar-refractivity contribution in [1.82, 2.24) is 0 Å². The van der Waals surface area contributed by atoms with Crippen LogP contribution in [0.5, 0.6) is 5.75 Å². The summed E-state index contributed by atoms with van der Waals surface area (Å²) in [5.74, 6) is -1.75. The molecule has 0 spiro atoms. The first-order valence-corrected chi connectivity index (χ1v) is 4.29. The second kappa shape index (κ2) is 4.41. The average molecular weight is 206 g/mol. The monoisotopic (exact) mass is 206 g/mol. The number of carbonyl (C=O) groups is 2. The molecule has 0 radical (unpaired) electrons. The molecule has 0 aromatic heterocycles. The minimum atomic E-state index is -1.18. The van der Waals surface area contributed by atoms with Gasteiger partial charge >= 0.3 is 5.97 Å². The van der Waals surface area contributed by atoms with Crippen molar-refractivity contribution in [2.75, 3.05) is 0 Å². The van der Waals surface area contributed by atoms with Crippen LogP contribution >= 0.6 is 0 Å². The van der Waals surface area contributed by atoms with Gasteiger partial charge in [0.15, 0.2) is 5.78 Å². The molecule has 1 rings (SSSR count). The predicted molar refractivity (Wildman–Crippen MR) is 54.2 cm³/mol. The molecule has 0 aliphatic rings. The number of benzene rings is 1. The Labute approximate surface area is 86.5 Å². The lowest BCUT2D eigenvalue weighted by atomic mass is 10.1. The number of hydrogen-bond acceptors (Lipinski definition) is 3. The summed E-state index contributed by atoms with van der Waals surface area (Å²) in [6, 6.07) is 3.55. The number of allylic oxidation sites excluding steroid dienone is 2. The van der Waals surface area contributed by atoms with Gasteiger partial charge < -0.3 is 10.2 Å². The van der Waals surface area contributed by atoms with Gasteiger partial charge in [-0.1, -0.05) is 6.08 Å². The van der Waals surface area contributed by atoms with Crippen LogP contribution in [-0.2, 0) is 0 Å². The Morgan fingerprint density at radius 2 is 1.80 bits per heavy atom. The smallest absolute Gasteiger partial charge is 0.335 e. The van der Waals surface area contributed by atoms with Gasteiger partial charge in [-0.15, -0.1) is 0 Å². The van der Waals surface area contributed by atoms with E-state index in [1.54, 1.807) is 13.0 Å². The number of aromatic hydroxyl groups is 1. The standard InChI is InChI=1S/C11H10O4/c1-2-3-10(13)7-4-8(11(14)15)6-9(12)5-7/h2-6,12H,1H3,(H,14,15)/b3-2+. The number of carbonyl (C=O) groups excluding carboxylic acids is 1. The maximum atomic E-state index is 11.4. The molecule has 0 amide bonds. The zero-order chi connectivity index (χ0) is 11.4. The average Bonchev–Trinajstić information content (AvgIpc) is 2.17. The second-order valence-corrected chi connectivity index (χ2v) is 2.94. The maximum Gasteiger partial charge on any atom is 0.335 e. The molecule has 0 fully saturated rings. The van der Waals surface area contributed by atoms with E-state index in [2.05, 4.69) is 0 Å². The van der Waals surface area contributed by atoms with Crippen LogP contribution in [0.4, 0.5) is 0 Å². The molecule has 0 unspecified atom stereocenters. The minimum Gasteiger partial charge on any atom is -0.508 e. The first-order valence-electron chi connectivity index (χ1n) is 4.29. The second-order valence-electron chi connectivity index (χ2n) is 2.94. The fraction of sp³-hybridized carbons (Fsp3) is 0.0909. The molecule has 0 aliphatic carbocycles. The van der Waals surface area contributed by atoms with E-state index in [0.717, 1.165) is 6.07 Å². The quantitative estimate of drug-likeness (QED) is 0.584. The van der Waals surface area contributed by atoms with Gasteiger partial charge in [0.2, 0.25) is 0 Å². The molecule has 0 heterocycles. The summed E-state index contributed by atoms with van der Waals surface area (Å²) in [4.78, 5) is 22.0. The topological polar surface area (TPSA) is 74.6 Å². The fourth-order valence-electron chi connectivity index (χ4n) is 1.12. The van der Waals surface area contributed by atoms with Crippen molar-refractivity contribution in [2.24, 2.45) is 0 Å². The highest BCUT2D eigenvalue weighted by molar-refractivity contribution is 6.06. The molecule has 0 bridgehead atoms. The van der Waals surface area contributed by atoms with E-state index in [4.69, 9.17) is 5.11 Å². The van der Waals surface area contributed by atoms with Crippen molar-refractivity contribution in [2.45, 2.75) is 6.92 Å². The number of phenols is 1. The zero-order valence-corrected chi connectivity index (χ0v) is 8.10. The number of ketones is 1. The van der Waals surface area contributed by atoms with Crippen molar-refractivity contribution >= 4 is 11.8 Å². The normalized spacial score (nSPS) is 10.5. The van der Waals surface area contributed by atoms with Crippen LogP contribution in [-0.4, -0.2) is 22.0 Å². The van der Waals surface area contributed by atoms with Gasteiger partial charge in [0, 0.05) is 5.56 Å². The number of rotatable bonds is 3. The van der Waals surface area contributed by atoms with Gasteiger partial charge in [-0.05, 0) is 31.2 Å². The molecular formula is C11H10O4. The Hall–Kier alpha value is -2.10. The van der Waals surface area contributed by atoms with Gasteiger partial charge in [-0.2, -0.15) is 0 Å². The molecule has 1 aromatic rings. The number of carboxylic acid groups (broad SMARTS) is 1. The molecule has 2 N–H and O–H groups in total. The van der Waals surface area contributed by atoms with Crippen LogP contribution in [0.2, 0.25) is 0 Å². The Balaban J connectivity index is 3.20. The van der Waals surface area contributed by atoms with Crippen LogP contribution in [0.25, 0.3) is 0 Å². The molecule has 15 heavy (non-hydrogen) atoms. The maximum absolute atomic E-state index is 11.4. The lowest BCUT2D eigenvalue weighted by Gasteiger charge is -2.00. The van der Waals surface area contributed by atoms with Crippen molar-refractivity contribution in [3.8, 4) is 5.75 Å². The molecule has 0 aliphatic heterocycles. The van der Waals surface area contributed by atoms with E-state index in [-0.39, 0.29) is 22.7 Å². The van der Waals surface area contributed by atoms with Crippen molar-refractivity contribution in [3.05, 3.63) is 41.5 Å². The number of carboxylic acids is 1. The van der Waals surface area contributed by atoms with Crippen LogP contribution in [0.1, 0.15) is 27.6 Å². The summed E-state index contributed by atoms with van der Waals surface area (Å²) < 4.78 is 0. The summed E-state index contributed by atoms with van der Waals surface area (Å²) in [7, 11) is 0. The summed E-state index contributed by atoms with van der Waals surface area (Å²) in [6.07, 6.45) is 2.85. The molecule has 78 valence electrons. The fourth-order valence-corrected chi connectivity index (χ4v) is 1.12. The first kappa shape index (κ1) is 11.0. The molecule has 0 saturated carbocycles. The third-order valence-electron chi connectivity index (χ3n) is 1.77. The van der Waals surface area contributed by atoms with E-state index >= 15 is 0 Å². The van der Waals surface area contributed by atoms with Gasteiger partial charge in [0.25, 0.3) is 0 Å². The largest absolute Gasteiger partial charge is 0.508 e. The van der Waals surface area contributed by atoms with E-state index < -0.39 is 5.97 Å². The molecule has 0 saturated heterocycles. The molecule has 4 nitrogen and oxygen atoms in total. The van der Waals surface area contributed by atoms with Crippen molar-refractivity contribution in [1.29, 1.82) is 0 Å². The molecular weight excluding hydrogens is 196 g/mol. The van der Waals surface area contributed by atoms with Crippen LogP contribution in [0.3, 0.4) is 0 Å². The van der Waals surface area contributed by atoms with Gasteiger partial charge in [-0.25, -0.2) is 4.79 Å². The lowest BCUT2D eigenvalue weighted by molar-refractivity contribution is 0.0696. The van der Waals surface area contributed by atoms with Crippen molar-refractivity contribution < 1.29 is 19.8 Å². The summed E-state index contributed by atoms with van der Waals surface area (Å²) in [5.41, 5.74) is 0.0494. The summed E-state index contributed by atoms with van der Waals surface area (Å²) >= 11 is 0. The Morgan fingerprint density at radius 1 is 1.20 bits per heavy atom. The Morgan fingerprint density at radius 3 is 2.33 bits per heavy atom. The third kappa shape index (κ3) is 2.67. The third-order valence-corrected chi connectivity index (χ3v) is 1.77. The molecule has 0 atom stereocenters. The van der Waals surface area contributed by atoms with Gasteiger partial charge in [0.05, 0.1) is 5.56 Å². The SMILES string of the molecule is C/C=C/C(=O)c1cc(O)cc(C(=O)O)c1. The highest BCUT2D eigenvalue weighted by atomic mass is 16.4. The predicted octanol–water partition coefficient (Wildman–Crippen LogP) is 1.85. The van der Waals surface area contributed by atoms with Gasteiger partial charge in [-0.3, -0.25) is 4.79 Å². The van der Waals surface area contributed by atoms with Gasteiger partial charge in [0.1, 0.15) is 5.75 Å². The van der Waals surface area contributed by atoms with E-state index in [9.17, 15) is 14.7 Å². The number of aromatic carboxylic acids is 1. The highest BCUT2D eigenvalue weighted by Crippen LogP contribution is 2.16. The van der Waals surface area contributed by atoms with Crippen LogP contribution in [0, 0.1) is 0 Å². The summed E-state index contributed by atoms with van der Waals surface area (Å²) in [6.45, 7) is 1.68. The molecule has 1 aromatic carbocycles. The zero-order valence-electron chi connectivity index (χ0n) is 8.10. The van der Waals surface area contributed by atoms with E-state index in [1.165, 1.54) is 18.2 Å².